The normalized spacial score (nSPS) is 16.8. The van der Waals surface area contributed by atoms with Crippen LogP contribution in [0.1, 0.15) is 25.2 Å². The van der Waals surface area contributed by atoms with E-state index in [1.165, 1.54) is 11.8 Å². The Morgan fingerprint density at radius 1 is 1.06 bits per heavy atom. The predicted octanol–water partition coefficient (Wildman–Crippen LogP) is 7.57. The third-order valence-electron chi connectivity index (χ3n) is 4.71. The van der Waals surface area contributed by atoms with Gasteiger partial charge in [0.25, 0.3) is 5.91 Å². The van der Waals surface area contributed by atoms with Crippen LogP contribution in [-0.4, -0.2) is 22.0 Å². The molecule has 4 rings (SSSR count). The summed E-state index contributed by atoms with van der Waals surface area (Å²) >= 11 is 13.7. The van der Waals surface area contributed by atoms with Gasteiger partial charge in [0.05, 0.1) is 15.6 Å². The first-order chi connectivity index (χ1) is 14.8. The van der Waals surface area contributed by atoms with Crippen LogP contribution in [0.4, 0.5) is 5.69 Å². The minimum absolute atomic E-state index is 0.0208. The zero-order valence-electron chi connectivity index (χ0n) is 17.2. The van der Waals surface area contributed by atoms with E-state index in [0.717, 1.165) is 11.3 Å². The van der Waals surface area contributed by atoms with Gasteiger partial charge in [-0.1, -0.05) is 40.9 Å². The molecule has 0 bridgehead atoms. The Morgan fingerprint density at radius 3 is 2.52 bits per heavy atom. The smallest absolute Gasteiger partial charge is 0.267 e. The van der Waals surface area contributed by atoms with Crippen LogP contribution in [0.25, 0.3) is 17.4 Å². The van der Waals surface area contributed by atoms with Crippen LogP contribution >= 0.6 is 35.0 Å². The largest absolute Gasteiger partial charge is 0.457 e. The second-order valence-electron chi connectivity index (χ2n) is 7.44. The summed E-state index contributed by atoms with van der Waals surface area (Å²) in [5.74, 6) is 1.05. The lowest BCUT2D eigenvalue weighted by Crippen LogP contribution is -2.35. The Hall–Kier alpha value is -2.47. The van der Waals surface area contributed by atoms with Crippen molar-refractivity contribution < 1.29 is 9.21 Å². The molecule has 1 saturated heterocycles. The van der Waals surface area contributed by atoms with Gasteiger partial charge in [-0.05, 0) is 75.0 Å². The van der Waals surface area contributed by atoms with Crippen molar-refractivity contribution in [2.24, 2.45) is 4.99 Å². The molecule has 1 aliphatic rings. The van der Waals surface area contributed by atoms with E-state index in [0.29, 0.717) is 37.2 Å². The van der Waals surface area contributed by atoms with Crippen molar-refractivity contribution in [2.45, 2.75) is 26.8 Å². The standard InChI is InChI=1S/C24H20Cl2N2O2S/c1-14(2)28-23(29)22(31-24(28)27-17-7-4-15(3)5-8-17)13-18-9-11-21(30-18)19-12-16(25)6-10-20(19)26/h4-14H,1-3H3/b22-13+,27-24?. The average Bonchev–Trinajstić information content (AvgIpc) is 3.30. The quantitative estimate of drug-likeness (QED) is 0.369. The lowest BCUT2D eigenvalue weighted by Gasteiger charge is -2.19. The highest BCUT2D eigenvalue weighted by Crippen LogP contribution is 2.37. The number of thioether (sulfide) groups is 1. The van der Waals surface area contributed by atoms with Gasteiger partial charge in [-0.25, -0.2) is 4.99 Å². The van der Waals surface area contributed by atoms with Gasteiger partial charge in [0.1, 0.15) is 11.5 Å². The molecular weight excluding hydrogens is 451 g/mol. The number of furan rings is 1. The molecule has 7 heteroatoms. The fourth-order valence-corrected chi connectivity index (χ4v) is 4.62. The number of carbonyl (C=O) groups is 1. The summed E-state index contributed by atoms with van der Waals surface area (Å²) in [6.45, 7) is 5.97. The second kappa shape index (κ2) is 8.95. The van der Waals surface area contributed by atoms with Gasteiger partial charge in [0.15, 0.2) is 5.17 Å². The molecule has 4 nitrogen and oxygen atoms in total. The molecule has 0 saturated carbocycles. The van der Waals surface area contributed by atoms with Crippen molar-refractivity contribution >= 4 is 57.8 Å². The molecule has 1 fully saturated rings. The summed E-state index contributed by atoms with van der Waals surface area (Å²) < 4.78 is 5.93. The molecule has 0 unspecified atom stereocenters. The maximum absolute atomic E-state index is 13.1. The average molecular weight is 471 g/mol. The van der Waals surface area contributed by atoms with E-state index in [1.807, 2.05) is 57.2 Å². The van der Waals surface area contributed by atoms with Crippen molar-refractivity contribution in [1.29, 1.82) is 0 Å². The number of amidine groups is 1. The minimum Gasteiger partial charge on any atom is -0.457 e. The van der Waals surface area contributed by atoms with E-state index in [9.17, 15) is 4.79 Å². The number of nitrogens with zero attached hydrogens (tertiary/aromatic N) is 2. The van der Waals surface area contributed by atoms with Crippen LogP contribution in [0.2, 0.25) is 10.0 Å². The lowest BCUT2D eigenvalue weighted by atomic mass is 10.2. The Labute approximate surface area is 195 Å². The van der Waals surface area contributed by atoms with E-state index in [2.05, 4.69) is 0 Å². The number of halogens is 2. The van der Waals surface area contributed by atoms with Gasteiger partial charge in [0.2, 0.25) is 0 Å². The van der Waals surface area contributed by atoms with Gasteiger partial charge in [-0.2, -0.15) is 0 Å². The summed E-state index contributed by atoms with van der Waals surface area (Å²) in [6.07, 6.45) is 1.74. The van der Waals surface area contributed by atoms with Crippen molar-refractivity contribution in [2.75, 3.05) is 0 Å². The van der Waals surface area contributed by atoms with E-state index in [-0.39, 0.29) is 11.9 Å². The maximum Gasteiger partial charge on any atom is 0.267 e. The van der Waals surface area contributed by atoms with Crippen LogP contribution in [0.5, 0.6) is 0 Å². The molecule has 0 N–H and O–H groups in total. The van der Waals surface area contributed by atoms with Crippen molar-refractivity contribution in [1.82, 2.24) is 4.90 Å². The Kier molecular flexibility index (Phi) is 6.28. The minimum atomic E-state index is -0.0930. The summed E-state index contributed by atoms with van der Waals surface area (Å²) in [7, 11) is 0. The SMILES string of the molecule is Cc1ccc(N=C2S/C(=C/c3ccc(-c4cc(Cl)ccc4Cl)o3)C(=O)N2C(C)C)cc1. The van der Waals surface area contributed by atoms with Gasteiger partial charge in [-0.3, -0.25) is 9.69 Å². The number of benzene rings is 2. The van der Waals surface area contributed by atoms with Crippen molar-refractivity contribution in [3.8, 4) is 11.3 Å². The molecule has 0 spiro atoms. The van der Waals surface area contributed by atoms with Gasteiger partial charge < -0.3 is 4.42 Å². The zero-order chi connectivity index (χ0) is 22.1. The zero-order valence-corrected chi connectivity index (χ0v) is 19.6. The number of hydrogen-bond donors (Lipinski definition) is 0. The molecule has 0 aliphatic carbocycles. The highest BCUT2D eigenvalue weighted by atomic mass is 35.5. The molecule has 31 heavy (non-hydrogen) atoms. The fourth-order valence-electron chi connectivity index (χ4n) is 3.14. The molecule has 0 atom stereocenters. The van der Waals surface area contributed by atoms with Gasteiger partial charge in [0, 0.05) is 22.7 Å². The summed E-state index contributed by atoms with van der Waals surface area (Å²) in [5.41, 5.74) is 2.67. The van der Waals surface area contributed by atoms with E-state index < -0.39 is 0 Å². The molecule has 3 aromatic rings. The maximum atomic E-state index is 13.1. The molecular formula is C24H20Cl2N2O2S. The Morgan fingerprint density at radius 2 is 1.81 bits per heavy atom. The van der Waals surface area contributed by atoms with E-state index in [1.54, 1.807) is 29.2 Å². The van der Waals surface area contributed by atoms with Gasteiger partial charge in [-0.15, -0.1) is 0 Å². The number of aryl methyl sites for hydroxylation is 1. The molecule has 2 heterocycles. The number of rotatable bonds is 4. The first-order valence-electron chi connectivity index (χ1n) is 9.75. The molecule has 1 amide bonds. The van der Waals surface area contributed by atoms with Crippen molar-refractivity contribution in [3.63, 3.8) is 0 Å². The molecule has 2 aromatic carbocycles. The predicted molar refractivity (Wildman–Crippen MR) is 130 cm³/mol. The number of carbonyl (C=O) groups excluding carboxylic acids is 1. The van der Waals surface area contributed by atoms with E-state index >= 15 is 0 Å². The summed E-state index contributed by atoms with van der Waals surface area (Å²) in [4.78, 5) is 20.0. The van der Waals surface area contributed by atoms with Crippen LogP contribution < -0.4 is 0 Å². The number of hydrogen-bond acceptors (Lipinski definition) is 4. The van der Waals surface area contributed by atoms with Crippen LogP contribution in [0, 0.1) is 6.92 Å². The summed E-state index contributed by atoms with van der Waals surface area (Å²) in [6, 6.07) is 16.7. The van der Waals surface area contributed by atoms with Gasteiger partial charge >= 0.3 is 0 Å². The fraction of sp³-hybridized carbons (Fsp3) is 0.167. The van der Waals surface area contributed by atoms with E-state index in [4.69, 9.17) is 32.6 Å². The highest BCUT2D eigenvalue weighted by Gasteiger charge is 2.35. The first-order valence-corrected chi connectivity index (χ1v) is 11.3. The third-order valence-corrected chi connectivity index (χ3v) is 6.25. The topological polar surface area (TPSA) is 45.8 Å². The second-order valence-corrected chi connectivity index (χ2v) is 9.29. The highest BCUT2D eigenvalue weighted by molar-refractivity contribution is 8.18. The third kappa shape index (κ3) is 4.74. The lowest BCUT2D eigenvalue weighted by molar-refractivity contribution is -0.123. The van der Waals surface area contributed by atoms with Crippen molar-refractivity contribution in [3.05, 3.63) is 80.9 Å². The molecule has 1 aliphatic heterocycles. The number of amides is 1. The molecule has 1 aromatic heterocycles. The van der Waals surface area contributed by atoms with Crippen LogP contribution in [0.3, 0.4) is 0 Å². The Bertz CT molecular complexity index is 1200. The monoisotopic (exact) mass is 470 g/mol. The molecule has 158 valence electrons. The Balaban J connectivity index is 1.65. The van der Waals surface area contributed by atoms with Crippen LogP contribution in [0.15, 0.2) is 68.9 Å². The summed E-state index contributed by atoms with van der Waals surface area (Å²) in [5, 5.41) is 1.77. The molecule has 0 radical (unpaired) electrons. The first kappa shape index (κ1) is 21.8. The van der Waals surface area contributed by atoms with Crippen LogP contribution in [-0.2, 0) is 4.79 Å². The number of aliphatic imine (C=N–C) groups is 1.